The van der Waals surface area contributed by atoms with Crippen molar-refractivity contribution in [1.82, 2.24) is 0 Å². The van der Waals surface area contributed by atoms with E-state index in [-0.39, 0.29) is 5.92 Å². The van der Waals surface area contributed by atoms with E-state index in [1.807, 2.05) is 12.2 Å². The molecule has 9 heavy (non-hydrogen) atoms. The smallest absolute Gasteiger partial charge is 0.131 e. The van der Waals surface area contributed by atoms with Crippen LogP contribution in [-0.4, -0.2) is 6.29 Å². The van der Waals surface area contributed by atoms with E-state index in [4.69, 9.17) is 0 Å². The highest BCUT2D eigenvalue weighted by atomic mass is 16.1. The van der Waals surface area contributed by atoms with Gasteiger partial charge in [-0.05, 0) is 12.0 Å². The summed E-state index contributed by atoms with van der Waals surface area (Å²) < 4.78 is 0. The molecule has 1 unspecified atom stereocenters. The van der Waals surface area contributed by atoms with Gasteiger partial charge in [-0.1, -0.05) is 25.2 Å². The van der Waals surface area contributed by atoms with Crippen LogP contribution in [-0.2, 0) is 4.79 Å². The van der Waals surface area contributed by atoms with Gasteiger partial charge in [0.15, 0.2) is 0 Å². The van der Waals surface area contributed by atoms with Crippen LogP contribution >= 0.6 is 0 Å². The molecular formula is C8H10O. The Morgan fingerprint density at radius 3 is 3.00 bits per heavy atom. The molecule has 0 bridgehead atoms. The number of carbonyl (C=O) groups excluding carboxylic acids is 1. The molecule has 1 rings (SSSR count). The van der Waals surface area contributed by atoms with Crippen molar-refractivity contribution in [2.75, 3.05) is 0 Å². The molecule has 0 aliphatic heterocycles. The van der Waals surface area contributed by atoms with Crippen molar-refractivity contribution in [2.45, 2.75) is 13.3 Å². The molecule has 0 aromatic rings. The summed E-state index contributed by atoms with van der Waals surface area (Å²) in [6, 6.07) is 0. The molecule has 0 fully saturated rings. The molecule has 0 spiro atoms. The number of hydrogen-bond acceptors (Lipinski definition) is 1. The van der Waals surface area contributed by atoms with Gasteiger partial charge >= 0.3 is 0 Å². The molecule has 48 valence electrons. The first-order chi connectivity index (χ1) is 4.38. The molecule has 1 atom stereocenters. The summed E-state index contributed by atoms with van der Waals surface area (Å²) in [6.45, 7) is 2.08. The van der Waals surface area contributed by atoms with Gasteiger partial charge < -0.3 is 4.79 Å². The number of allylic oxidation sites excluding steroid dienone is 4. The van der Waals surface area contributed by atoms with E-state index in [1.54, 1.807) is 0 Å². The third-order valence-corrected chi connectivity index (χ3v) is 1.34. The van der Waals surface area contributed by atoms with E-state index in [2.05, 4.69) is 13.0 Å². The third-order valence-electron chi connectivity index (χ3n) is 1.34. The Hall–Kier alpha value is -0.850. The van der Waals surface area contributed by atoms with Crippen LogP contribution in [0.5, 0.6) is 0 Å². The fourth-order valence-electron chi connectivity index (χ4n) is 0.698. The summed E-state index contributed by atoms with van der Waals surface area (Å²) in [6.07, 6.45) is 8.05. The van der Waals surface area contributed by atoms with E-state index in [0.717, 1.165) is 12.7 Å². The Kier molecular flexibility index (Phi) is 1.83. The highest BCUT2D eigenvalue weighted by Gasteiger charge is 2.19. The maximum Gasteiger partial charge on any atom is 0.131 e. The molecule has 1 heteroatoms. The first kappa shape index (κ1) is 6.27. The Bertz CT molecular complexity index is 165. The van der Waals surface area contributed by atoms with Crippen molar-refractivity contribution in [3.05, 3.63) is 23.8 Å². The predicted octanol–water partition coefficient (Wildman–Crippen LogP) is 1.71. The Balaban J connectivity index is 2.26. The van der Waals surface area contributed by atoms with Crippen LogP contribution in [0.25, 0.3) is 0 Å². The van der Waals surface area contributed by atoms with Gasteiger partial charge in [-0.25, -0.2) is 0 Å². The second-order valence-corrected chi connectivity index (χ2v) is 2.14. The van der Waals surface area contributed by atoms with Gasteiger partial charge in [-0.3, -0.25) is 0 Å². The fourth-order valence-corrected chi connectivity index (χ4v) is 0.698. The summed E-state index contributed by atoms with van der Waals surface area (Å²) >= 11 is 0. The molecule has 0 aromatic heterocycles. The monoisotopic (exact) mass is 122 g/mol. The van der Waals surface area contributed by atoms with Crippen molar-refractivity contribution in [3.8, 4) is 0 Å². The van der Waals surface area contributed by atoms with Crippen molar-refractivity contribution in [2.24, 2.45) is 5.92 Å². The van der Waals surface area contributed by atoms with Crippen LogP contribution in [0.3, 0.4) is 0 Å². The average molecular weight is 122 g/mol. The van der Waals surface area contributed by atoms with Crippen LogP contribution < -0.4 is 0 Å². The van der Waals surface area contributed by atoms with Crippen LogP contribution in [0.2, 0.25) is 0 Å². The summed E-state index contributed by atoms with van der Waals surface area (Å²) in [7, 11) is 0. The summed E-state index contributed by atoms with van der Waals surface area (Å²) in [5.74, 6) is 0.146. The highest BCUT2D eigenvalue weighted by molar-refractivity contribution is 5.71. The van der Waals surface area contributed by atoms with Gasteiger partial charge in [-0.2, -0.15) is 0 Å². The van der Waals surface area contributed by atoms with Crippen molar-refractivity contribution < 1.29 is 4.79 Å². The number of aldehydes is 1. The normalized spacial score (nSPS) is 24.1. The maximum atomic E-state index is 10.1. The SMILES string of the molecule is CC/C=C/C1=CC1C=O. The van der Waals surface area contributed by atoms with Gasteiger partial charge in [0.05, 0.1) is 5.92 Å². The molecule has 0 amide bonds. The first-order valence-corrected chi connectivity index (χ1v) is 3.22. The zero-order valence-electron chi connectivity index (χ0n) is 5.50. The molecular weight excluding hydrogens is 112 g/mol. The minimum Gasteiger partial charge on any atom is -0.302 e. The molecule has 0 aromatic carbocycles. The molecule has 0 N–H and O–H groups in total. The lowest BCUT2D eigenvalue weighted by Crippen LogP contribution is -1.77. The Morgan fingerprint density at radius 1 is 1.78 bits per heavy atom. The van der Waals surface area contributed by atoms with Crippen molar-refractivity contribution in [3.63, 3.8) is 0 Å². The average Bonchev–Trinajstić information content (AvgIpc) is 2.62. The molecule has 0 saturated carbocycles. The lowest BCUT2D eigenvalue weighted by atomic mass is 10.3. The molecule has 0 heterocycles. The van der Waals surface area contributed by atoms with Gasteiger partial charge in [0.2, 0.25) is 0 Å². The van der Waals surface area contributed by atoms with Gasteiger partial charge in [0.1, 0.15) is 6.29 Å². The molecule has 1 nitrogen and oxygen atoms in total. The van der Waals surface area contributed by atoms with Crippen molar-refractivity contribution >= 4 is 6.29 Å². The van der Waals surface area contributed by atoms with Crippen LogP contribution in [0.15, 0.2) is 23.8 Å². The largest absolute Gasteiger partial charge is 0.302 e. The Morgan fingerprint density at radius 2 is 2.56 bits per heavy atom. The van der Waals surface area contributed by atoms with E-state index in [9.17, 15) is 4.79 Å². The first-order valence-electron chi connectivity index (χ1n) is 3.22. The lowest BCUT2D eigenvalue weighted by Gasteiger charge is -1.78. The third kappa shape index (κ3) is 1.53. The van der Waals surface area contributed by atoms with Crippen LogP contribution in [0.1, 0.15) is 13.3 Å². The predicted molar refractivity (Wildman–Crippen MR) is 37.1 cm³/mol. The van der Waals surface area contributed by atoms with Gasteiger partial charge in [-0.15, -0.1) is 0 Å². The molecule has 0 radical (unpaired) electrons. The summed E-state index contributed by atoms with van der Waals surface area (Å²) in [5.41, 5.74) is 1.17. The second-order valence-electron chi connectivity index (χ2n) is 2.14. The minimum atomic E-state index is 0.146. The summed E-state index contributed by atoms with van der Waals surface area (Å²) in [4.78, 5) is 10.1. The van der Waals surface area contributed by atoms with Crippen LogP contribution in [0, 0.1) is 5.92 Å². The zero-order chi connectivity index (χ0) is 6.69. The van der Waals surface area contributed by atoms with E-state index in [0.29, 0.717) is 0 Å². The van der Waals surface area contributed by atoms with Crippen LogP contribution in [0.4, 0.5) is 0 Å². The quantitative estimate of drug-likeness (QED) is 0.521. The summed E-state index contributed by atoms with van der Waals surface area (Å²) in [5, 5.41) is 0. The van der Waals surface area contributed by atoms with Crippen molar-refractivity contribution in [1.29, 1.82) is 0 Å². The highest BCUT2D eigenvalue weighted by Crippen LogP contribution is 2.27. The van der Waals surface area contributed by atoms with Gasteiger partial charge in [0, 0.05) is 0 Å². The van der Waals surface area contributed by atoms with E-state index in [1.165, 1.54) is 5.57 Å². The maximum absolute atomic E-state index is 10.1. The Labute approximate surface area is 55.1 Å². The molecule has 1 aliphatic carbocycles. The lowest BCUT2D eigenvalue weighted by molar-refractivity contribution is -0.108. The second kappa shape index (κ2) is 2.62. The molecule has 0 saturated heterocycles. The zero-order valence-corrected chi connectivity index (χ0v) is 5.50. The number of hydrogen-bond donors (Lipinski definition) is 0. The van der Waals surface area contributed by atoms with E-state index < -0.39 is 0 Å². The van der Waals surface area contributed by atoms with E-state index >= 15 is 0 Å². The molecule has 1 aliphatic rings. The van der Waals surface area contributed by atoms with Gasteiger partial charge in [0.25, 0.3) is 0 Å². The fraction of sp³-hybridized carbons (Fsp3) is 0.375. The topological polar surface area (TPSA) is 17.1 Å². The standard InChI is InChI=1S/C8H10O/c1-2-3-4-7-5-8(7)6-9/h3-6,8H,2H2,1H3/b4-3+. The number of carbonyl (C=O) groups is 1. The minimum absolute atomic E-state index is 0.146. The number of rotatable bonds is 3.